The van der Waals surface area contributed by atoms with Crippen LogP contribution in [-0.4, -0.2) is 28.5 Å². The Morgan fingerprint density at radius 2 is 2.62 bits per heavy atom. The maximum absolute atomic E-state index is 11.7. The van der Waals surface area contributed by atoms with E-state index < -0.39 is 0 Å². The third kappa shape index (κ3) is 2.23. The van der Waals surface area contributed by atoms with Crippen molar-refractivity contribution in [3.63, 3.8) is 0 Å². The lowest BCUT2D eigenvalue weighted by atomic mass is 10.0. The summed E-state index contributed by atoms with van der Waals surface area (Å²) in [6.07, 6.45) is 7.96. The fourth-order valence-corrected chi connectivity index (χ4v) is 1.74. The largest absolute Gasteiger partial charge is 0.354 e. The molecule has 84 valence electrons. The number of carbonyl (C=O) groups is 1. The van der Waals surface area contributed by atoms with E-state index in [-0.39, 0.29) is 11.9 Å². The number of H-pyrrole nitrogens is 1. The number of nitrogens with zero attached hydrogens (tertiary/aromatic N) is 1. The van der Waals surface area contributed by atoms with Crippen LogP contribution in [0.25, 0.3) is 0 Å². The topological polar surface area (TPSA) is 69.8 Å². The van der Waals surface area contributed by atoms with Crippen molar-refractivity contribution in [1.29, 1.82) is 0 Å². The van der Waals surface area contributed by atoms with Crippen LogP contribution in [0.2, 0.25) is 0 Å². The van der Waals surface area contributed by atoms with Crippen LogP contribution >= 0.6 is 0 Å². The van der Waals surface area contributed by atoms with Gasteiger partial charge in [0.1, 0.15) is 0 Å². The van der Waals surface area contributed by atoms with E-state index in [1.807, 2.05) is 0 Å². The molecule has 1 aliphatic rings. The van der Waals surface area contributed by atoms with Gasteiger partial charge in [0.15, 0.2) is 0 Å². The Hall–Kier alpha value is -1.80. The second-order valence-corrected chi connectivity index (χ2v) is 3.71. The molecule has 0 bridgehead atoms. The molecule has 5 heteroatoms. The smallest absolute Gasteiger partial charge is 0.237 e. The van der Waals surface area contributed by atoms with Crippen molar-refractivity contribution in [2.75, 3.05) is 6.54 Å². The lowest BCUT2D eigenvalue weighted by molar-refractivity contribution is -0.123. The summed E-state index contributed by atoms with van der Waals surface area (Å²) in [7, 11) is 0. The molecule has 0 aromatic carbocycles. The van der Waals surface area contributed by atoms with E-state index in [0.29, 0.717) is 25.9 Å². The summed E-state index contributed by atoms with van der Waals surface area (Å²) >= 11 is 0. The zero-order valence-electron chi connectivity index (χ0n) is 8.92. The molecule has 0 saturated carbocycles. The van der Waals surface area contributed by atoms with E-state index in [0.717, 1.165) is 11.4 Å². The van der Waals surface area contributed by atoms with Crippen molar-refractivity contribution in [1.82, 2.24) is 20.6 Å². The first-order valence-electron chi connectivity index (χ1n) is 5.27. The molecule has 16 heavy (non-hydrogen) atoms. The van der Waals surface area contributed by atoms with Gasteiger partial charge in [0.2, 0.25) is 5.91 Å². The van der Waals surface area contributed by atoms with Gasteiger partial charge in [0.25, 0.3) is 0 Å². The summed E-state index contributed by atoms with van der Waals surface area (Å²) in [5.41, 5.74) is 2.03. The van der Waals surface area contributed by atoms with E-state index in [4.69, 9.17) is 6.42 Å². The zero-order valence-corrected chi connectivity index (χ0v) is 8.92. The molecule has 5 nitrogen and oxygen atoms in total. The Balaban J connectivity index is 1.89. The van der Waals surface area contributed by atoms with Gasteiger partial charge < -0.3 is 10.3 Å². The number of aromatic nitrogens is 2. The summed E-state index contributed by atoms with van der Waals surface area (Å²) in [5.74, 6) is 2.47. The summed E-state index contributed by atoms with van der Waals surface area (Å²) < 4.78 is 0. The molecule has 0 radical (unpaired) electrons. The first kappa shape index (κ1) is 10.7. The molecular weight excluding hydrogens is 204 g/mol. The Morgan fingerprint density at radius 1 is 1.75 bits per heavy atom. The van der Waals surface area contributed by atoms with Crippen LogP contribution in [0.5, 0.6) is 0 Å². The Bertz CT molecular complexity index is 418. The predicted molar refractivity (Wildman–Crippen MR) is 59.4 cm³/mol. The molecule has 1 unspecified atom stereocenters. The minimum atomic E-state index is -0.200. The van der Waals surface area contributed by atoms with Gasteiger partial charge in [0, 0.05) is 25.9 Å². The average molecular weight is 218 g/mol. The van der Waals surface area contributed by atoms with Gasteiger partial charge in [-0.3, -0.25) is 10.1 Å². The van der Waals surface area contributed by atoms with E-state index in [2.05, 4.69) is 26.5 Å². The molecule has 0 saturated heterocycles. The molecule has 3 N–H and O–H groups in total. The van der Waals surface area contributed by atoms with E-state index >= 15 is 0 Å². The van der Waals surface area contributed by atoms with Gasteiger partial charge in [-0.05, 0) is 0 Å². The van der Waals surface area contributed by atoms with Crippen molar-refractivity contribution >= 4 is 5.91 Å². The van der Waals surface area contributed by atoms with Crippen molar-refractivity contribution in [3.8, 4) is 12.3 Å². The Kier molecular flexibility index (Phi) is 3.22. The Labute approximate surface area is 94.0 Å². The molecule has 1 aliphatic heterocycles. The zero-order chi connectivity index (χ0) is 11.4. The maximum atomic E-state index is 11.7. The number of nitrogens with one attached hydrogen (secondary N) is 3. The molecule has 0 spiro atoms. The van der Waals surface area contributed by atoms with Gasteiger partial charge in [-0.1, -0.05) is 0 Å². The standard InChI is InChI=1S/C11H14N4O/c1-2-3-4-12-11(16)9-5-8-10(6-13-9)15-7-14-8/h1,7,9,13H,3-6H2,(H,12,16)(H,14,15). The van der Waals surface area contributed by atoms with Crippen molar-refractivity contribution < 1.29 is 4.79 Å². The molecule has 1 amide bonds. The SMILES string of the molecule is C#CCCNC(=O)C1Cc2nc[nH]c2CN1. The fourth-order valence-electron chi connectivity index (χ4n) is 1.74. The quantitative estimate of drug-likeness (QED) is 0.476. The number of imidazole rings is 1. The van der Waals surface area contributed by atoms with Crippen LogP contribution in [0, 0.1) is 12.3 Å². The first-order chi connectivity index (χ1) is 7.81. The average Bonchev–Trinajstić information content (AvgIpc) is 2.76. The van der Waals surface area contributed by atoms with E-state index in [9.17, 15) is 4.79 Å². The highest BCUT2D eigenvalue weighted by atomic mass is 16.2. The molecule has 1 aromatic heterocycles. The van der Waals surface area contributed by atoms with Crippen LogP contribution in [-0.2, 0) is 17.8 Å². The van der Waals surface area contributed by atoms with Gasteiger partial charge in [-0.2, -0.15) is 0 Å². The Morgan fingerprint density at radius 3 is 3.44 bits per heavy atom. The summed E-state index contributed by atoms with van der Waals surface area (Å²) in [6, 6.07) is -0.200. The monoisotopic (exact) mass is 218 g/mol. The first-order valence-corrected chi connectivity index (χ1v) is 5.27. The minimum Gasteiger partial charge on any atom is -0.354 e. The van der Waals surface area contributed by atoms with Crippen LogP contribution in [0.4, 0.5) is 0 Å². The highest BCUT2D eigenvalue weighted by molar-refractivity contribution is 5.82. The molecular formula is C11H14N4O. The number of terminal acetylenes is 1. The predicted octanol–water partition coefficient (Wildman–Crippen LogP) is -0.437. The normalized spacial score (nSPS) is 18.6. The maximum Gasteiger partial charge on any atom is 0.237 e. The summed E-state index contributed by atoms with van der Waals surface area (Å²) in [6.45, 7) is 1.18. The van der Waals surface area contributed by atoms with Crippen LogP contribution < -0.4 is 10.6 Å². The fraction of sp³-hybridized carbons (Fsp3) is 0.455. The third-order valence-corrected chi connectivity index (χ3v) is 2.62. The molecule has 1 atom stereocenters. The van der Waals surface area contributed by atoms with Gasteiger partial charge in [-0.15, -0.1) is 12.3 Å². The molecule has 0 fully saturated rings. The lowest BCUT2D eigenvalue weighted by Crippen LogP contribution is -2.47. The van der Waals surface area contributed by atoms with E-state index in [1.165, 1.54) is 0 Å². The van der Waals surface area contributed by atoms with Crippen molar-refractivity contribution in [2.24, 2.45) is 0 Å². The number of amides is 1. The minimum absolute atomic E-state index is 0.0103. The number of fused-ring (bicyclic) bond motifs is 1. The number of hydrogen-bond donors (Lipinski definition) is 3. The molecule has 2 rings (SSSR count). The highest BCUT2D eigenvalue weighted by Crippen LogP contribution is 2.11. The third-order valence-electron chi connectivity index (χ3n) is 2.62. The number of carbonyl (C=O) groups excluding carboxylic acids is 1. The highest BCUT2D eigenvalue weighted by Gasteiger charge is 2.25. The second-order valence-electron chi connectivity index (χ2n) is 3.71. The summed E-state index contributed by atoms with van der Waals surface area (Å²) in [5, 5.41) is 5.95. The second kappa shape index (κ2) is 4.81. The van der Waals surface area contributed by atoms with Crippen molar-refractivity contribution in [2.45, 2.75) is 25.4 Å². The van der Waals surface area contributed by atoms with Gasteiger partial charge in [-0.25, -0.2) is 4.98 Å². The van der Waals surface area contributed by atoms with E-state index in [1.54, 1.807) is 6.33 Å². The van der Waals surface area contributed by atoms with Crippen LogP contribution in [0.15, 0.2) is 6.33 Å². The molecule has 1 aromatic rings. The molecule has 0 aliphatic carbocycles. The number of aromatic amines is 1. The van der Waals surface area contributed by atoms with Gasteiger partial charge in [0.05, 0.1) is 23.8 Å². The number of rotatable bonds is 3. The number of hydrogen-bond acceptors (Lipinski definition) is 3. The lowest BCUT2D eigenvalue weighted by Gasteiger charge is -2.21. The molecule has 2 heterocycles. The summed E-state index contributed by atoms with van der Waals surface area (Å²) in [4.78, 5) is 18.9. The van der Waals surface area contributed by atoms with Crippen LogP contribution in [0.3, 0.4) is 0 Å². The van der Waals surface area contributed by atoms with Gasteiger partial charge >= 0.3 is 0 Å². The van der Waals surface area contributed by atoms with Crippen LogP contribution in [0.1, 0.15) is 17.8 Å². The van der Waals surface area contributed by atoms with Crippen molar-refractivity contribution in [3.05, 3.63) is 17.7 Å².